The number of carbonyl (C=O) groups excluding carboxylic acids is 2. The van der Waals surface area contributed by atoms with Crippen molar-refractivity contribution in [3.05, 3.63) is 35.5 Å². The highest BCUT2D eigenvalue weighted by Gasteiger charge is 2.22. The van der Waals surface area contributed by atoms with Crippen LogP contribution in [0.15, 0.2) is 24.4 Å². The first-order chi connectivity index (χ1) is 14.1. The number of anilines is 1. The van der Waals surface area contributed by atoms with Crippen LogP contribution in [0, 0.1) is 0 Å². The molecule has 2 aromatic rings. The van der Waals surface area contributed by atoms with Gasteiger partial charge in [0.25, 0.3) is 0 Å². The lowest BCUT2D eigenvalue weighted by Gasteiger charge is -2.23. The number of carbonyl (C=O) groups is 2. The normalized spacial score (nSPS) is 14.6. The average Bonchev–Trinajstić information content (AvgIpc) is 2.76. The number of methoxy groups -OCH3 is 1. The summed E-state index contributed by atoms with van der Waals surface area (Å²) in [6.07, 6.45) is 2.60. The van der Waals surface area contributed by atoms with E-state index in [4.69, 9.17) is 14.2 Å². The quantitative estimate of drug-likeness (QED) is 0.488. The number of H-pyrrole nitrogens is 1. The Morgan fingerprint density at radius 1 is 1.24 bits per heavy atom. The van der Waals surface area contributed by atoms with Gasteiger partial charge in [0.15, 0.2) is 6.20 Å². The van der Waals surface area contributed by atoms with Crippen LogP contribution in [0.1, 0.15) is 34.1 Å². The lowest BCUT2D eigenvalue weighted by Crippen LogP contribution is -3.14. The van der Waals surface area contributed by atoms with Crippen molar-refractivity contribution in [2.45, 2.75) is 13.3 Å². The Balaban J connectivity index is 1.84. The number of rotatable bonds is 8. The second kappa shape index (κ2) is 10.2. The molecule has 8 heteroatoms. The number of fused-ring (bicyclic) bond motifs is 1. The van der Waals surface area contributed by atoms with Crippen molar-refractivity contribution in [2.24, 2.45) is 0 Å². The van der Waals surface area contributed by atoms with Crippen molar-refractivity contribution < 1.29 is 33.7 Å². The Labute approximate surface area is 170 Å². The number of nitrogens with one attached hydrogen (secondary N) is 3. The summed E-state index contributed by atoms with van der Waals surface area (Å²) in [6, 6.07) is 5.23. The van der Waals surface area contributed by atoms with E-state index in [1.807, 2.05) is 0 Å². The standard InChI is InChI=1S/C21H27N3O5/c1-3-29-21(26)17-14-23-18-6-5-15(20(25)27-2)13-16(18)19(17)22-7-4-8-24-9-11-28-12-10-24/h5-6,13-14H,3-4,7-12H2,1-2H3,(H,22,23)/p+2. The van der Waals surface area contributed by atoms with Crippen molar-refractivity contribution in [1.82, 2.24) is 0 Å². The van der Waals surface area contributed by atoms with Gasteiger partial charge >= 0.3 is 11.9 Å². The number of esters is 2. The molecule has 0 atom stereocenters. The summed E-state index contributed by atoms with van der Waals surface area (Å²) < 4.78 is 15.4. The Bertz CT molecular complexity index is 865. The number of quaternary nitrogens is 1. The highest BCUT2D eigenvalue weighted by molar-refractivity contribution is 6.05. The molecule has 1 saturated heterocycles. The first-order valence-corrected chi connectivity index (χ1v) is 10.0. The van der Waals surface area contributed by atoms with Gasteiger partial charge in [-0.2, -0.15) is 0 Å². The van der Waals surface area contributed by atoms with Crippen LogP contribution >= 0.6 is 0 Å². The van der Waals surface area contributed by atoms with Gasteiger partial charge in [-0.1, -0.05) is 0 Å². The lowest BCUT2D eigenvalue weighted by atomic mass is 10.1. The molecule has 8 nitrogen and oxygen atoms in total. The molecule has 3 N–H and O–H groups in total. The van der Waals surface area contributed by atoms with Crippen molar-refractivity contribution in [3.8, 4) is 0 Å². The third-order valence-corrected chi connectivity index (χ3v) is 5.06. The summed E-state index contributed by atoms with van der Waals surface area (Å²) in [6.45, 7) is 7.49. The summed E-state index contributed by atoms with van der Waals surface area (Å²) >= 11 is 0. The molecule has 0 spiro atoms. The molecule has 0 bridgehead atoms. The minimum atomic E-state index is -0.421. The van der Waals surface area contributed by atoms with Gasteiger partial charge in [0.2, 0.25) is 5.52 Å². The van der Waals surface area contributed by atoms with Crippen LogP contribution in [-0.2, 0) is 14.2 Å². The maximum Gasteiger partial charge on any atom is 0.346 e. The van der Waals surface area contributed by atoms with Gasteiger partial charge < -0.3 is 24.4 Å². The number of ether oxygens (including phenoxy) is 3. The predicted molar refractivity (Wildman–Crippen MR) is 107 cm³/mol. The number of benzene rings is 1. The van der Waals surface area contributed by atoms with Gasteiger partial charge in [0.1, 0.15) is 18.7 Å². The first-order valence-electron chi connectivity index (χ1n) is 10.0. The van der Waals surface area contributed by atoms with Crippen LogP contribution in [0.3, 0.4) is 0 Å². The van der Waals surface area contributed by atoms with Gasteiger partial charge in [0, 0.05) is 19.0 Å². The molecule has 0 radical (unpaired) electrons. The molecule has 1 aromatic heterocycles. The second-order valence-electron chi connectivity index (χ2n) is 6.94. The predicted octanol–water partition coefficient (Wildman–Crippen LogP) is 0.334. The highest BCUT2D eigenvalue weighted by Crippen LogP contribution is 2.26. The molecular formula is C21H29N3O5+2. The topological polar surface area (TPSA) is 92.4 Å². The summed E-state index contributed by atoms with van der Waals surface area (Å²) in [7, 11) is 1.35. The van der Waals surface area contributed by atoms with Gasteiger partial charge in [-0.25, -0.2) is 14.6 Å². The van der Waals surface area contributed by atoms with E-state index in [1.165, 1.54) is 12.0 Å². The Morgan fingerprint density at radius 3 is 2.76 bits per heavy atom. The van der Waals surface area contributed by atoms with Crippen molar-refractivity contribution in [1.29, 1.82) is 0 Å². The number of morpholine rings is 1. The number of pyridine rings is 1. The van der Waals surface area contributed by atoms with E-state index < -0.39 is 11.9 Å². The summed E-state index contributed by atoms with van der Waals surface area (Å²) in [4.78, 5) is 29.1. The average molecular weight is 403 g/mol. The van der Waals surface area contributed by atoms with E-state index in [0.29, 0.717) is 30.0 Å². The molecular weight excluding hydrogens is 374 g/mol. The van der Waals surface area contributed by atoms with Gasteiger partial charge in [-0.3, -0.25) is 0 Å². The van der Waals surface area contributed by atoms with Crippen molar-refractivity contribution >= 4 is 28.5 Å². The largest absolute Gasteiger partial charge is 0.465 e. The minimum absolute atomic E-state index is 0.291. The maximum atomic E-state index is 12.5. The van der Waals surface area contributed by atoms with Crippen LogP contribution in [0.25, 0.3) is 10.9 Å². The maximum absolute atomic E-state index is 12.5. The number of aromatic nitrogens is 1. The molecule has 0 unspecified atom stereocenters. The summed E-state index contributed by atoms with van der Waals surface area (Å²) in [5.41, 5.74) is 2.32. The fourth-order valence-corrected chi connectivity index (χ4v) is 3.51. The fraction of sp³-hybridized carbons (Fsp3) is 0.476. The molecule has 156 valence electrons. The fourth-order valence-electron chi connectivity index (χ4n) is 3.51. The van der Waals surface area contributed by atoms with E-state index in [0.717, 1.165) is 50.2 Å². The van der Waals surface area contributed by atoms with E-state index in [1.54, 1.807) is 31.3 Å². The SMILES string of the molecule is CCOC(=O)c1c[nH+]c2ccc(C(=O)OC)cc2c1NCCC[NH+]1CCOCC1. The van der Waals surface area contributed by atoms with Gasteiger partial charge in [0.05, 0.1) is 50.1 Å². The van der Waals surface area contributed by atoms with Crippen LogP contribution < -0.4 is 15.2 Å². The zero-order valence-corrected chi connectivity index (χ0v) is 17.0. The molecule has 0 amide bonds. The third-order valence-electron chi connectivity index (χ3n) is 5.06. The molecule has 1 fully saturated rings. The lowest BCUT2D eigenvalue weighted by molar-refractivity contribution is -0.908. The van der Waals surface area contributed by atoms with Crippen LogP contribution in [-0.4, -0.2) is 65.0 Å². The smallest absolute Gasteiger partial charge is 0.346 e. The van der Waals surface area contributed by atoms with E-state index in [9.17, 15) is 9.59 Å². The Morgan fingerprint density at radius 2 is 2.03 bits per heavy atom. The molecule has 1 aromatic carbocycles. The molecule has 1 aliphatic heterocycles. The number of hydrogen-bond acceptors (Lipinski definition) is 6. The number of hydrogen-bond donors (Lipinski definition) is 2. The van der Waals surface area contributed by atoms with Crippen molar-refractivity contribution in [3.63, 3.8) is 0 Å². The van der Waals surface area contributed by atoms with Crippen LogP contribution in [0.5, 0.6) is 0 Å². The van der Waals surface area contributed by atoms with Gasteiger partial charge in [-0.05, 0) is 19.1 Å². The Kier molecular flexibility index (Phi) is 7.37. The third kappa shape index (κ3) is 5.21. The molecule has 1 aliphatic rings. The zero-order chi connectivity index (χ0) is 20.6. The second-order valence-corrected chi connectivity index (χ2v) is 6.94. The van der Waals surface area contributed by atoms with Crippen LogP contribution in [0.2, 0.25) is 0 Å². The Hall–Kier alpha value is -2.71. The molecule has 0 aliphatic carbocycles. The van der Waals surface area contributed by atoms with Crippen LogP contribution in [0.4, 0.5) is 5.69 Å². The molecule has 0 saturated carbocycles. The van der Waals surface area contributed by atoms with Gasteiger partial charge in [-0.15, -0.1) is 0 Å². The first kappa shape index (κ1) is 21.0. The molecule has 3 rings (SSSR count). The zero-order valence-electron chi connectivity index (χ0n) is 17.0. The minimum Gasteiger partial charge on any atom is -0.465 e. The summed E-state index contributed by atoms with van der Waals surface area (Å²) in [5, 5.41) is 4.15. The van der Waals surface area contributed by atoms with E-state index in [-0.39, 0.29) is 0 Å². The monoisotopic (exact) mass is 403 g/mol. The van der Waals surface area contributed by atoms with E-state index >= 15 is 0 Å². The highest BCUT2D eigenvalue weighted by atomic mass is 16.5. The molecule has 2 heterocycles. The summed E-state index contributed by atoms with van der Waals surface area (Å²) in [5.74, 6) is -0.828. The van der Waals surface area contributed by atoms with Crippen molar-refractivity contribution in [2.75, 3.05) is 58.4 Å². The van der Waals surface area contributed by atoms with E-state index in [2.05, 4.69) is 10.3 Å². The number of aromatic amines is 1. The molecule has 29 heavy (non-hydrogen) atoms.